The molecule has 6 atom stereocenters. The summed E-state index contributed by atoms with van der Waals surface area (Å²) in [7, 11) is 0. The standard InChI is InChI=1S/C43H59N3O8/c1-5-9-14-28(7-3)25-53-26-32(47)27-54-33-19-21-35(38(50)23-33)43-45-41(30-16-12-11-13-17-30)44-42(46-43)34-20-18-31(22-37(34)49)40(52)39(51)24-36(48)29(8-4)15-10-6-2/h11-13,16-23,28-29,32,36,39-40,47-52H,5-10,14-15,24-27H2,1-4H3. The van der Waals surface area contributed by atoms with E-state index in [-0.39, 0.29) is 59.8 Å². The number of unbranched alkanes of at least 4 members (excludes halogenated alkanes) is 2. The second-order valence-corrected chi connectivity index (χ2v) is 14.2. The maximum atomic E-state index is 11.2. The lowest BCUT2D eigenvalue weighted by Gasteiger charge is -2.26. The Labute approximate surface area is 319 Å². The number of aromatic nitrogens is 3. The molecule has 3 aromatic carbocycles. The van der Waals surface area contributed by atoms with Gasteiger partial charge < -0.3 is 40.1 Å². The van der Waals surface area contributed by atoms with Gasteiger partial charge in [-0.05, 0) is 54.5 Å². The summed E-state index contributed by atoms with van der Waals surface area (Å²) in [4.78, 5) is 13.9. The van der Waals surface area contributed by atoms with Gasteiger partial charge in [-0.2, -0.15) is 0 Å². The molecule has 1 aromatic heterocycles. The number of phenolic OH excluding ortho intramolecular Hbond substituents is 2. The van der Waals surface area contributed by atoms with Crippen LogP contribution in [0.3, 0.4) is 0 Å². The number of hydrogen-bond acceptors (Lipinski definition) is 11. The van der Waals surface area contributed by atoms with Gasteiger partial charge in [0.2, 0.25) is 0 Å². The molecule has 294 valence electrons. The first kappa shape index (κ1) is 42.6. The van der Waals surface area contributed by atoms with Crippen molar-refractivity contribution in [1.29, 1.82) is 0 Å². The van der Waals surface area contributed by atoms with Gasteiger partial charge in [0.1, 0.15) is 36.1 Å². The summed E-state index contributed by atoms with van der Waals surface area (Å²) in [5.74, 6) is 1.02. The fraction of sp³-hybridized carbons (Fsp3) is 0.512. The number of rotatable bonds is 23. The van der Waals surface area contributed by atoms with E-state index in [1.807, 2.05) is 37.3 Å². The molecular weight excluding hydrogens is 686 g/mol. The van der Waals surface area contributed by atoms with Crippen LogP contribution in [0.4, 0.5) is 0 Å². The van der Waals surface area contributed by atoms with Crippen LogP contribution in [0.2, 0.25) is 0 Å². The van der Waals surface area contributed by atoms with E-state index in [0.717, 1.165) is 51.4 Å². The minimum absolute atomic E-state index is 0.00407. The Morgan fingerprint density at radius 1 is 0.630 bits per heavy atom. The average molecular weight is 746 g/mol. The van der Waals surface area contributed by atoms with Crippen LogP contribution in [0.5, 0.6) is 17.2 Å². The van der Waals surface area contributed by atoms with Crippen molar-refractivity contribution >= 4 is 0 Å². The van der Waals surface area contributed by atoms with E-state index in [0.29, 0.717) is 35.2 Å². The van der Waals surface area contributed by atoms with Gasteiger partial charge in [0.05, 0.1) is 29.9 Å². The molecule has 6 N–H and O–H groups in total. The fourth-order valence-electron chi connectivity index (χ4n) is 6.48. The smallest absolute Gasteiger partial charge is 0.167 e. The van der Waals surface area contributed by atoms with Crippen molar-refractivity contribution in [3.05, 3.63) is 72.3 Å². The van der Waals surface area contributed by atoms with Gasteiger partial charge in [0.15, 0.2) is 17.5 Å². The van der Waals surface area contributed by atoms with Crippen molar-refractivity contribution in [2.24, 2.45) is 11.8 Å². The van der Waals surface area contributed by atoms with Crippen molar-refractivity contribution in [3.63, 3.8) is 0 Å². The third kappa shape index (κ3) is 12.2. The summed E-state index contributed by atoms with van der Waals surface area (Å²) < 4.78 is 11.5. The van der Waals surface area contributed by atoms with E-state index in [1.54, 1.807) is 24.3 Å². The van der Waals surface area contributed by atoms with Crippen LogP contribution >= 0.6 is 0 Å². The van der Waals surface area contributed by atoms with E-state index in [1.165, 1.54) is 12.1 Å². The summed E-state index contributed by atoms with van der Waals surface area (Å²) in [6.07, 6.45) is 3.87. The van der Waals surface area contributed by atoms with Crippen molar-refractivity contribution in [2.75, 3.05) is 19.8 Å². The maximum Gasteiger partial charge on any atom is 0.167 e. The largest absolute Gasteiger partial charge is 0.507 e. The molecule has 1 heterocycles. The first-order chi connectivity index (χ1) is 26.1. The highest BCUT2D eigenvalue weighted by Crippen LogP contribution is 2.36. The molecule has 54 heavy (non-hydrogen) atoms. The predicted molar refractivity (Wildman–Crippen MR) is 210 cm³/mol. The Morgan fingerprint density at radius 3 is 1.87 bits per heavy atom. The lowest BCUT2D eigenvalue weighted by Crippen LogP contribution is -2.29. The van der Waals surface area contributed by atoms with Crippen LogP contribution in [0.15, 0.2) is 66.7 Å². The first-order valence-corrected chi connectivity index (χ1v) is 19.5. The number of aromatic hydroxyl groups is 2. The van der Waals surface area contributed by atoms with Crippen LogP contribution < -0.4 is 4.74 Å². The number of aliphatic hydroxyl groups is 4. The molecule has 0 aliphatic rings. The Kier molecular flexibility index (Phi) is 17.1. The molecule has 0 aliphatic carbocycles. The third-order valence-corrected chi connectivity index (χ3v) is 9.98. The predicted octanol–water partition coefficient (Wildman–Crippen LogP) is 7.62. The van der Waals surface area contributed by atoms with Gasteiger partial charge in [-0.1, -0.05) is 103 Å². The van der Waals surface area contributed by atoms with Crippen molar-refractivity contribution in [2.45, 2.75) is 110 Å². The Bertz CT molecular complexity index is 1710. The highest BCUT2D eigenvalue weighted by molar-refractivity contribution is 5.72. The van der Waals surface area contributed by atoms with Crippen LogP contribution in [-0.2, 0) is 4.74 Å². The second-order valence-electron chi connectivity index (χ2n) is 14.2. The monoisotopic (exact) mass is 745 g/mol. The summed E-state index contributed by atoms with van der Waals surface area (Å²) >= 11 is 0. The molecule has 6 unspecified atom stereocenters. The summed E-state index contributed by atoms with van der Waals surface area (Å²) in [5, 5.41) is 65.3. The van der Waals surface area contributed by atoms with Gasteiger partial charge in [-0.25, -0.2) is 15.0 Å². The van der Waals surface area contributed by atoms with Gasteiger partial charge in [0.25, 0.3) is 0 Å². The van der Waals surface area contributed by atoms with E-state index >= 15 is 0 Å². The molecule has 0 spiro atoms. The zero-order valence-corrected chi connectivity index (χ0v) is 32.1. The molecule has 0 saturated carbocycles. The molecule has 11 nitrogen and oxygen atoms in total. The van der Waals surface area contributed by atoms with E-state index < -0.39 is 24.4 Å². The minimum atomic E-state index is -1.34. The van der Waals surface area contributed by atoms with Crippen LogP contribution in [0.1, 0.15) is 97.1 Å². The molecule has 0 radical (unpaired) electrons. The molecule has 0 amide bonds. The van der Waals surface area contributed by atoms with E-state index in [4.69, 9.17) is 9.47 Å². The van der Waals surface area contributed by atoms with Gasteiger partial charge in [-0.3, -0.25) is 0 Å². The van der Waals surface area contributed by atoms with Crippen molar-refractivity contribution in [3.8, 4) is 51.4 Å². The lowest BCUT2D eigenvalue weighted by atomic mass is 9.88. The second kappa shape index (κ2) is 21.7. The SMILES string of the molecule is CCCCC(CC)COCC(O)COc1ccc(-c2nc(-c3ccccc3)nc(-c3ccc(C(O)C(O)CC(O)C(CC)CCCC)cc3O)n2)c(O)c1. The van der Waals surface area contributed by atoms with Crippen LogP contribution in [-0.4, -0.2) is 83.7 Å². The number of nitrogens with zero attached hydrogens (tertiary/aromatic N) is 3. The quantitative estimate of drug-likeness (QED) is 0.0440. The molecule has 4 rings (SSSR count). The molecule has 0 aliphatic heterocycles. The van der Waals surface area contributed by atoms with Gasteiger partial charge >= 0.3 is 0 Å². The zero-order chi connectivity index (χ0) is 39.0. The fourth-order valence-corrected chi connectivity index (χ4v) is 6.48. The highest BCUT2D eigenvalue weighted by Gasteiger charge is 2.27. The number of hydrogen-bond donors (Lipinski definition) is 6. The third-order valence-electron chi connectivity index (χ3n) is 9.98. The average Bonchev–Trinajstić information content (AvgIpc) is 3.18. The highest BCUT2D eigenvalue weighted by atomic mass is 16.5. The molecule has 4 aromatic rings. The van der Waals surface area contributed by atoms with Crippen LogP contribution in [0.25, 0.3) is 34.2 Å². The summed E-state index contributed by atoms with van der Waals surface area (Å²) in [6.45, 7) is 9.14. The number of phenols is 2. The molecular formula is C43H59N3O8. The molecule has 11 heteroatoms. The minimum Gasteiger partial charge on any atom is -0.507 e. The summed E-state index contributed by atoms with van der Waals surface area (Å²) in [6, 6.07) is 18.4. The Balaban J connectivity index is 1.52. The van der Waals surface area contributed by atoms with Crippen molar-refractivity contribution in [1.82, 2.24) is 15.0 Å². The van der Waals surface area contributed by atoms with E-state index in [2.05, 4.69) is 35.7 Å². The number of ether oxygens (including phenoxy) is 2. The molecule has 0 bridgehead atoms. The number of benzene rings is 3. The Hall–Kier alpha value is -4.13. The topological polar surface area (TPSA) is 179 Å². The van der Waals surface area contributed by atoms with E-state index in [9.17, 15) is 30.6 Å². The first-order valence-electron chi connectivity index (χ1n) is 19.5. The molecule has 0 fully saturated rings. The van der Waals surface area contributed by atoms with Gasteiger partial charge in [0, 0.05) is 24.7 Å². The number of aliphatic hydroxyl groups excluding tert-OH is 4. The maximum absolute atomic E-state index is 11.2. The normalized spacial score (nSPS) is 15.0. The summed E-state index contributed by atoms with van der Waals surface area (Å²) in [5.41, 5.74) is 1.50. The Morgan fingerprint density at radius 2 is 1.26 bits per heavy atom. The van der Waals surface area contributed by atoms with Gasteiger partial charge in [-0.15, -0.1) is 0 Å². The van der Waals surface area contributed by atoms with Crippen molar-refractivity contribution < 1.29 is 40.1 Å². The zero-order valence-electron chi connectivity index (χ0n) is 32.1. The molecule has 0 saturated heterocycles. The van der Waals surface area contributed by atoms with Crippen LogP contribution in [0, 0.1) is 11.8 Å². The lowest BCUT2D eigenvalue weighted by molar-refractivity contribution is -0.0278.